The topological polar surface area (TPSA) is 115 Å². The van der Waals surface area contributed by atoms with Gasteiger partial charge >= 0.3 is 12.0 Å². The predicted molar refractivity (Wildman–Crippen MR) is 148 cm³/mol. The summed E-state index contributed by atoms with van der Waals surface area (Å²) in [4.78, 5) is 13.5. The molecule has 2 aromatic carbocycles. The first-order chi connectivity index (χ1) is 19.9. The van der Waals surface area contributed by atoms with Crippen molar-refractivity contribution in [3.63, 3.8) is 0 Å². The Labute approximate surface area is 244 Å². The van der Waals surface area contributed by atoms with Crippen LogP contribution >= 0.6 is 23.2 Å². The summed E-state index contributed by atoms with van der Waals surface area (Å²) in [6, 6.07) is 9.77. The maximum Gasteiger partial charge on any atom is 0.338 e. The zero-order valence-electron chi connectivity index (χ0n) is 21.7. The van der Waals surface area contributed by atoms with Crippen molar-refractivity contribution in [2.24, 2.45) is 0 Å². The SMILES string of the molecule is O=C(O)c1cc(-c2nnc(N3[C@@H]4CC[C@H]3CC(OCc3c(-c5c(Cl)cccc5Cl)noc3C3CC3)C4)o2)ccc1F. The number of fused-ring (bicyclic) bond motifs is 2. The van der Waals surface area contributed by atoms with E-state index in [9.17, 15) is 14.3 Å². The molecule has 2 bridgehead atoms. The van der Waals surface area contributed by atoms with E-state index in [1.54, 1.807) is 18.2 Å². The van der Waals surface area contributed by atoms with Crippen LogP contribution < -0.4 is 4.90 Å². The van der Waals surface area contributed by atoms with Gasteiger partial charge in [-0.2, -0.15) is 0 Å². The van der Waals surface area contributed by atoms with Gasteiger partial charge in [0.15, 0.2) is 0 Å². The van der Waals surface area contributed by atoms with E-state index in [0.29, 0.717) is 45.4 Å². The van der Waals surface area contributed by atoms with E-state index in [1.807, 2.05) is 0 Å². The van der Waals surface area contributed by atoms with E-state index in [4.69, 9.17) is 36.9 Å². The molecule has 0 amide bonds. The molecule has 2 aliphatic heterocycles. The Hall–Kier alpha value is -3.47. The largest absolute Gasteiger partial charge is 0.478 e. The molecule has 1 aliphatic carbocycles. The molecule has 1 N–H and O–H groups in total. The van der Waals surface area contributed by atoms with Gasteiger partial charge < -0.3 is 23.7 Å². The molecule has 1 unspecified atom stereocenters. The minimum absolute atomic E-state index is 0.0119. The number of aromatic carboxylic acids is 1. The quantitative estimate of drug-likeness (QED) is 0.226. The average Bonchev–Trinajstić information content (AvgIpc) is 3.42. The van der Waals surface area contributed by atoms with Crippen LogP contribution in [-0.4, -0.2) is 44.6 Å². The van der Waals surface area contributed by atoms with Gasteiger partial charge in [0.2, 0.25) is 5.89 Å². The van der Waals surface area contributed by atoms with Crippen LogP contribution in [0.15, 0.2) is 45.3 Å². The van der Waals surface area contributed by atoms with Crippen molar-refractivity contribution < 1.29 is 28.0 Å². The molecule has 212 valence electrons. The summed E-state index contributed by atoms with van der Waals surface area (Å²) in [7, 11) is 0. The Morgan fingerprint density at radius 1 is 1.07 bits per heavy atom. The Bertz CT molecular complexity index is 1600. The third-order valence-electron chi connectivity index (χ3n) is 8.20. The fourth-order valence-corrected chi connectivity index (χ4v) is 6.66. The number of halogens is 3. The van der Waals surface area contributed by atoms with Crippen molar-refractivity contribution in [1.82, 2.24) is 15.4 Å². The van der Waals surface area contributed by atoms with Crippen LogP contribution in [0.1, 0.15) is 66.1 Å². The van der Waals surface area contributed by atoms with Crippen LogP contribution in [-0.2, 0) is 11.3 Å². The van der Waals surface area contributed by atoms with Gasteiger partial charge in [-0.15, -0.1) is 5.10 Å². The molecule has 4 heterocycles. The number of rotatable bonds is 8. The molecule has 3 aliphatic rings. The molecule has 2 saturated heterocycles. The van der Waals surface area contributed by atoms with E-state index < -0.39 is 17.3 Å². The molecule has 4 aromatic rings. The van der Waals surface area contributed by atoms with Gasteiger partial charge in [0, 0.05) is 34.7 Å². The van der Waals surface area contributed by atoms with Gasteiger partial charge in [0.25, 0.3) is 0 Å². The molecule has 9 nitrogen and oxygen atoms in total. The fraction of sp³-hybridized carbons (Fsp3) is 0.379. The number of anilines is 1. The third-order valence-corrected chi connectivity index (χ3v) is 8.83. The summed E-state index contributed by atoms with van der Waals surface area (Å²) in [5.74, 6) is -0.846. The van der Waals surface area contributed by atoms with E-state index in [-0.39, 0.29) is 24.1 Å². The molecule has 12 heteroatoms. The lowest BCUT2D eigenvalue weighted by Crippen LogP contribution is -2.45. The first-order valence-corrected chi connectivity index (χ1v) is 14.3. The summed E-state index contributed by atoms with van der Waals surface area (Å²) >= 11 is 13.0. The number of ether oxygens (including phenoxy) is 1. The second-order valence-corrected chi connectivity index (χ2v) is 11.6. The second kappa shape index (κ2) is 10.4. The van der Waals surface area contributed by atoms with Crippen LogP contribution in [0.3, 0.4) is 0 Å². The van der Waals surface area contributed by atoms with Gasteiger partial charge in [0.1, 0.15) is 17.3 Å². The lowest BCUT2D eigenvalue weighted by Gasteiger charge is -2.37. The highest BCUT2D eigenvalue weighted by Gasteiger charge is 2.44. The highest BCUT2D eigenvalue weighted by Crippen LogP contribution is 2.47. The maximum atomic E-state index is 13.9. The maximum absolute atomic E-state index is 13.9. The van der Waals surface area contributed by atoms with Crippen LogP contribution in [0.25, 0.3) is 22.7 Å². The normalized spacial score (nSPS) is 21.9. The predicted octanol–water partition coefficient (Wildman–Crippen LogP) is 7.13. The lowest BCUT2D eigenvalue weighted by molar-refractivity contribution is 0.0139. The molecule has 2 aromatic heterocycles. The van der Waals surface area contributed by atoms with Gasteiger partial charge in [-0.25, -0.2) is 9.18 Å². The minimum Gasteiger partial charge on any atom is -0.478 e. The van der Waals surface area contributed by atoms with E-state index in [2.05, 4.69) is 20.3 Å². The summed E-state index contributed by atoms with van der Waals surface area (Å²) in [5.41, 5.74) is 2.09. The standard InChI is InChI=1S/C29H25Cl2FN4O5/c30-21-2-1-3-22(31)24(21)25-20(26(41-35-25)14-4-5-14)13-39-18-11-16-7-8-17(12-18)36(16)29-34-33-27(40-29)15-6-9-23(32)19(10-15)28(37)38/h1-3,6,9-10,14,16-18H,4-5,7-8,11-13H2,(H,37,38)/t16-,17+,18?. The van der Waals surface area contributed by atoms with Crippen molar-refractivity contribution in [2.45, 2.75) is 69.2 Å². The molecule has 7 rings (SSSR count). The zero-order chi connectivity index (χ0) is 28.2. The summed E-state index contributed by atoms with van der Waals surface area (Å²) in [6.45, 7) is 0.345. The number of hydrogen-bond acceptors (Lipinski definition) is 8. The number of benzene rings is 2. The first-order valence-electron chi connectivity index (χ1n) is 13.6. The molecule has 0 spiro atoms. The zero-order valence-corrected chi connectivity index (χ0v) is 23.2. The van der Waals surface area contributed by atoms with E-state index >= 15 is 0 Å². The highest BCUT2D eigenvalue weighted by molar-refractivity contribution is 6.39. The van der Waals surface area contributed by atoms with Gasteiger partial charge in [-0.3, -0.25) is 0 Å². The molecule has 0 radical (unpaired) electrons. The Kier molecular flexibility index (Phi) is 6.72. The Morgan fingerprint density at radius 2 is 1.80 bits per heavy atom. The van der Waals surface area contributed by atoms with Gasteiger partial charge in [0.05, 0.1) is 28.3 Å². The number of piperidine rings is 1. The fourth-order valence-electron chi connectivity index (χ4n) is 6.08. The van der Waals surface area contributed by atoms with Crippen LogP contribution in [0.4, 0.5) is 10.4 Å². The highest BCUT2D eigenvalue weighted by atomic mass is 35.5. The molecule has 3 atom stereocenters. The lowest BCUT2D eigenvalue weighted by atomic mass is 10.00. The van der Waals surface area contributed by atoms with Crippen molar-refractivity contribution in [1.29, 1.82) is 0 Å². The summed E-state index contributed by atoms with van der Waals surface area (Å²) < 4.78 is 32.1. The smallest absolute Gasteiger partial charge is 0.338 e. The number of carbonyl (C=O) groups is 1. The number of carboxylic acid groups (broad SMARTS) is 1. The third kappa shape index (κ3) is 4.87. The Balaban J connectivity index is 1.07. The van der Waals surface area contributed by atoms with Crippen molar-refractivity contribution >= 4 is 35.2 Å². The minimum atomic E-state index is -1.36. The van der Waals surface area contributed by atoms with Crippen LogP contribution in [0.2, 0.25) is 10.0 Å². The number of carboxylic acids is 1. The second-order valence-electron chi connectivity index (χ2n) is 10.8. The molecular weight excluding hydrogens is 574 g/mol. The van der Waals surface area contributed by atoms with Crippen molar-refractivity contribution in [3.05, 3.63) is 69.1 Å². The van der Waals surface area contributed by atoms with Gasteiger partial charge in [-0.1, -0.05) is 39.5 Å². The van der Waals surface area contributed by atoms with E-state index in [0.717, 1.165) is 55.9 Å². The number of hydrogen-bond donors (Lipinski definition) is 1. The molecular formula is C29H25Cl2FN4O5. The van der Waals surface area contributed by atoms with Gasteiger partial charge in [-0.05, 0) is 68.9 Å². The first kappa shape index (κ1) is 26.4. The van der Waals surface area contributed by atoms with Crippen molar-refractivity contribution in [3.8, 4) is 22.7 Å². The number of nitrogens with zero attached hydrogens (tertiary/aromatic N) is 4. The van der Waals surface area contributed by atoms with Crippen molar-refractivity contribution in [2.75, 3.05) is 4.90 Å². The van der Waals surface area contributed by atoms with Crippen LogP contribution in [0.5, 0.6) is 0 Å². The summed E-state index contributed by atoms with van der Waals surface area (Å²) in [6.07, 6.45) is 5.61. The van der Waals surface area contributed by atoms with Crippen LogP contribution in [0, 0.1) is 5.82 Å². The molecule has 3 fully saturated rings. The monoisotopic (exact) mass is 598 g/mol. The summed E-state index contributed by atoms with van der Waals surface area (Å²) in [5, 5.41) is 23.0. The number of aromatic nitrogens is 3. The molecule has 1 saturated carbocycles. The van der Waals surface area contributed by atoms with E-state index in [1.165, 1.54) is 12.1 Å². The average molecular weight is 599 g/mol. The Morgan fingerprint density at radius 3 is 2.49 bits per heavy atom. The molecule has 41 heavy (non-hydrogen) atoms.